The van der Waals surface area contributed by atoms with Crippen molar-refractivity contribution in [1.82, 2.24) is 10.2 Å². The zero-order valence-corrected chi connectivity index (χ0v) is 24.1. The molecule has 0 bridgehead atoms. The first-order valence-corrected chi connectivity index (χ1v) is 14.7. The van der Waals surface area contributed by atoms with Gasteiger partial charge in [-0.3, -0.25) is 19.3 Å². The number of nitrogens with zero attached hydrogens (tertiary/aromatic N) is 3. The molecule has 3 aromatic rings. The van der Waals surface area contributed by atoms with Gasteiger partial charge in [0.25, 0.3) is 5.91 Å². The maximum Gasteiger partial charge on any atom is 0.268 e. The van der Waals surface area contributed by atoms with Crippen molar-refractivity contribution in [3.8, 4) is 0 Å². The van der Waals surface area contributed by atoms with Gasteiger partial charge in [0.05, 0.1) is 24.9 Å². The number of carbonyl (C=O) groups is 3. The monoisotopic (exact) mass is 580 g/mol. The van der Waals surface area contributed by atoms with Crippen LogP contribution in [0.2, 0.25) is 0 Å². The topological polar surface area (TPSA) is 113 Å². The summed E-state index contributed by atoms with van der Waals surface area (Å²) in [5.41, 5.74) is 2.51. The molecule has 0 spiro atoms. The number of aliphatic hydroxyl groups excluding tert-OH is 1. The molecule has 1 saturated heterocycles. The highest BCUT2D eigenvalue weighted by Gasteiger charge is 2.53. The lowest BCUT2D eigenvalue weighted by molar-refractivity contribution is -0.138. The Kier molecular flexibility index (Phi) is 7.87. The van der Waals surface area contributed by atoms with Crippen molar-refractivity contribution >= 4 is 34.8 Å². The molecule has 0 aliphatic carbocycles. The summed E-state index contributed by atoms with van der Waals surface area (Å²) in [6.45, 7) is 3.42. The van der Waals surface area contributed by atoms with E-state index in [1.807, 2.05) is 60.7 Å². The second-order valence-electron chi connectivity index (χ2n) is 11.4. The Morgan fingerprint density at radius 1 is 1.05 bits per heavy atom. The molecule has 3 heterocycles. The van der Waals surface area contributed by atoms with E-state index in [9.17, 15) is 24.6 Å². The Morgan fingerprint density at radius 2 is 1.79 bits per heavy atom. The number of rotatable bonds is 7. The van der Waals surface area contributed by atoms with Crippen LogP contribution in [0.25, 0.3) is 0 Å². The lowest BCUT2D eigenvalue weighted by Gasteiger charge is -2.36. The van der Waals surface area contributed by atoms with Gasteiger partial charge in [0.15, 0.2) is 5.60 Å². The zero-order valence-electron chi connectivity index (χ0n) is 24.1. The molecule has 9 heteroatoms. The van der Waals surface area contributed by atoms with E-state index in [1.165, 1.54) is 4.90 Å². The molecule has 1 fully saturated rings. The summed E-state index contributed by atoms with van der Waals surface area (Å²) >= 11 is 0. The molecule has 3 aliphatic rings. The molecule has 222 valence electrons. The fourth-order valence-corrected chi connectivity index (χ4v) is 6.41. The maximum absolute atomic E-state index is 14.1. The first kappa shape index (κ1) is 28.8. The van der Waals surface area contributed by atoms with Crippen LogP contribution in [-0.4, -0.2) is 65.1 Å². The molecule has 6 rings (SSSR count). The Hall–Kier alpha value is -4.31. The molecule has 3 aromatic carbocycles. The summed E-state index contributed by atoms with van der Waals surface area (Å²) < 4.78 is 0. The van der Waals surface area contributed by atoms with Crippen molar-refractivity contribution < 1.29 is 24.6 Å². The van der Waals surface area contributed by atoms with E-state index in [2.05, 4.69) is 5.32 Å². The van der Waals surface area contributed by atoms with Gasteiger partial charge in [0.1, 0.15) is 0 Å². The average molecular weight is 581 g/mol. The first-order chi connectivity index (χ1) is 20.8. The highest BCUT2D eigenvalue weighted by atomic mass is 16.3. The van der Waals surface area contributed by atoms with Crippen LogP contribution >= 0.6 is 0 Å². The highest BCUT2D eigenvalue weighted by molar-refractivity contribution is 6.12. The smallest absolute Gasteiger partial charge is 0.268 e. The normalized spacial score (nSPS) is 22.6. The molecule has 3 atom stereocenters. The quantitative estimate of drug-likeness (QED) is 0.371. The van der Waals surface area contributed by atoms with Gasteiger partial charge in [-0.05, 0) is 47.9 Å². The molecular formula is C34H36N4O5. The number of piperazine rings is 1. The number of benzene rings is 3. The van der Waals surface area contributed by atoms with Crippen LogP contribution in [0.4, 0.5) is 17.1 Å². The Balaban J connectivity index is 1.28. The fourth-order valence-electron chi connectivity index (χ4n) is 6.41. The molecule has 0 radical (unpaired) electrons. The SMILES string of the molecule is C[C@H](/C=C/CC(=O)N1Cc2ccccc2C[C@H]1CO)[C@@]1(O)C(=O)N(c2ccccc2)c2ccc(N3CCNCC3=O)cc21. The zero-order chi connectivity index (χ0) is 30.1. The van der Waals surface area contributed by atoms with Crippen LogP contribution in [0.5, 0.6) is 0 Å². The summed E-state index contributed by atoms with van der Waals surface area (Å²) in [6.07, 6.45) is 4.07. The third-order valence-corrected chi connectivity index (χ3v) is 8.84. The molecule has 3 N–H and O–H groups in total. The van der Waals surface area contributed by atoms with Gasteiger partial charge in [-0.25, -0.2) is 0 Å². The lowest BCUT2D eigenvalue weighted by Crippen LogP contribution is -2.48. The van der Waals surface area contributed by atoms with E-state index in [4.69, 9.17) is 0 Å². The Labute approximate surface area is 251 Å². The number of amides is 3. The fraction of sp³-hybridized carbons (Fsp3) is 0.324. The van der Waals surface area contributed by atoms with Crippen molar-refractivity contribution in [2.75, 3.05) is 36.0 Å². The van der Waals surface area contributed by atoms with Crippen LogP contribution < -0.4 is 15.1 Å². The van der Waals surface area contributed by atoms with E-state index in [1.54, 1.807) is 41.0 Å². The van der Waals surface area contributed by atoms with Crippen molar-refractivity contribution in [2.45, 2.75) is 38.0 Å². The average Bonchev–Trinajstić information content (AvgIpc) is 3.27. The van der Waals surface area contributed by atoms with Gasteiger partial charge in [0, 0.05) is 48.9 Å². The van der Waals surface area contributed by atoms with Crippen molar-refractivity contribution in [3.63, 3.8) is 0 Å². The number of aliphatic hydroxyl groups is 2. The van der Waals surface area contributed by atoms with Crippen LogP contribution in [0, 0.1) is 5.92 Å². The van der Waals surface area contributed by atoms with Gasteiger partial charge < -0.3 is 25.3 Å². The second kappa shape index (κ2) is 11.8. The Morgan fingerprint density at radius 3 is 2.53 bits per heavy atom. The minimum Gasteiger partial charge on any atom is -0.394 e. The Bertz CT molecular complexity index is 1570. The van der Waals surface area contributed by atoms with Gasteiger partial charge in [-0.2, -0.15) is 0 Å². The summed E-state index contributed by atoms with van der Waals surface area (Å²) in [6, 6.07) is 22.1. The molecular weight excluding hydrogens is 544 g/mol. The van der Waals surface area contributed by atoms with E-state index >= 15 is 0 Å². The molecule has 3 aliphatic heterocycles. The van der Waals surface area contributed by atoms with E-state index in [-0.39, 0.29) is 37.4 Å². The molecule has 3 amide bonds. The number of hydrogen-bond donors (Lipinski definition) is 3. The molecule has 0 unspecified atom stereocenters. The number of para-hydroxylation sites is 1. The highest BCUT2D eigenvalue weighted by Crippen LogP contribution is 2.49. The van der Waals surface area contributed by atoms with Crippen molar-refractivity contribution in [2.24, 2.45) is 5.92 Å². The second-order valence-corrected chi connectivity index (χ2v) is 11.4. The number of fused-ring (bicyclic) bond motifs is 2. The lowest BCUT2D eigenvalue weighted by atomic mass is 9.82. The van der Waals surface area contributed by atoms with Gasteiger partial charge >= 0.3 is 0 Å². The number of hydrogen-bond acceptors (Lipinski definition) is 6. The summed E-state index contributed by atoms with van der Waals surface area (Å²) in [5.74, 6) is -1.39. The third kappa shape index (κ3) is 5.14. The molecule has 9 nitrogen and oxygen atoms in total. The predicted octanol–water partition coefficient (Wildman–Crippen LogP) is 3.02. The van der Waals surface area contributed by atoms with Crippen molar-refractivity contribution in [3.05, 3.63) is 102 Å². The van der Waals surface area contributed by atoms with E-state index in [0.29, 0.717) is 48.7 Å². The van der Waals surface area contributed by atoms with Crippen molar-refractivity contribution in [1.29, 1.82) is 0 Å². The van der Waals surface area contributed by atoms with E-state index in [0.717, 1.165) is 11.1 Å². The summed E-state index contributed by atoms with van der Waals surface area (Å²) in [7, 11) is 0. The number of nitrogens with one attached hydrogen (secondary N) is 1. The standard InChI is InChI=1S/C34H36N4O5/c1-23(8-7-13-31(40)37-21-25-10-6-5-9-24(25)18-28(37)22-39)34(43)29-19-27(36-17-16-35-20-32(36)41)14-15-30(29)38(33(34)42)26-11-3-2-4-12-26/h2-12,14-15,19,23,28,35,39,43H,13,16-18,20-22H2,1H3/b8-7+/t23-,28+,34+/m1/s1. The summed E-state index contributed by atoms with van der Waals surface area (Å²) in [5, 5.41) is 25.3. The molecule has 0 saturated carbocycles. The minimum absolute atomic E-state index is 0.0673. The maximum atomic E-state index is 14.1. The van der Waals surface area contributed by atoms with E-state index < -0.39 is 17.4 Å². The van der Waals surface area contributed by atoms with Gasteiger partial charge in [0.2, 0.25) is 11.8 Å². The third-order valence-electron chi connectivity index (χ3n) is 8.84. The van der Waals surface area contributed by atoms with Crippen LogP contribution in [0.1, 0.15) is 30.0 Å². The predicted molar refractivity (Wildman–Crippen MR) is 164 cm³/mol. The first-order valence-electron chi connectivity index (χ1n) is 14.7. The largest absolute Gasteiger partial charge is 0.394 e. The van der Waals surface area contributed by atoms with Gasteiger partial charge in [-0.15, -0.1) is 0 Å². The van der Waals surface area contributed by atoms with Crippen LogP contribution in [-0.2, 0) is 33.0 Å². The number of anilines is 3. The summed E-state index contributed by atoms with van der Waals surface area (Å²) in [4.78, 5) is 44.9. The van der Waals surface area contributed by atoms with Crippen LogP contribution in [0.3, 0.4) is 0 Å². The van der Waals surface area contributed by atoms with Gasteiger partial charge in [-0.1, -0.05) is 61.5 Å². The molecule has 43 heavy (non-hydrogen) atoms. The van der Waals surface area contributed by atoms with Crippen LogP contribution in [0.15, 0.2) is 84.9 Å². The minimum atomic E-state index is -1.92. The number of carbonyl (C=O) groups excluding carboxylic acids is 3. The molecule has 0 aromatic heterocycles.